The zero-order valence-corrected chi connectivity index (χ0v) is 10.5. The lowest BCUT2D eigenvalue weighted by Gasteiger charge is -2.11. The lowest BCUT2D eigenvalue weighted by molar-refractivity contribution is -0.146. The monoisotopic (exact) mass is 250 g/mol. The van der Waals surface area contributed by atoms with Gasteiger partial charge in [-0.1, -0.05) is 12.1 Å². The largest absolute Gasteiger partial charge is 0.497 e. The van der Waals surface area contributed by atoms with Gasteiger partial charge < -0.3 is 14.6 Å². The molecular formula is C14H18O4. The Bertz CT molecular complexity index is 406. The summed E-state index contributed by atoms with van der Waals surface area (Å²) in [6.45, 7) is 0.342. The van der Waals surface area contributed by atoms with Gasteiger partial charge in [-0.25, -0.2) is 0 Å². The minimum Gasteiger partial charge on any atom is -0.497 e. The number of rotatable bonds is 6. The van der Waals surface area contributed by atoms with Crippen LogP contribution >= 0.6 is 0 Å². The second kappa shape index (κ2) is 5.40. The van der Waals surface area contributed by atoms with Gasteiger partial charge in [-0.2, -0.15) is 0 Å². The van der Waals surface area contributed by atoms with Crippen LogP contribution in [0.25, 0.3) is 0 Å². The van der Waals surface area contributed by atoms with Crippen LogP contribution in [0.2, 0.25) is 0 Å². The quantitative estimate of drug-likeness (QED) is 0.783. The third-order valence-electron chi connectivity index (χ3n) is 3.37. The Morgan fingerprint density at radius 3 is 2.50 bits per heavy atom. The zero-order chi connectivity index (χ0) is 13.0. The highest BCUT2D eigenvalue weighted by Gasteiger charge is 2.44. The third-order valence-corrected chi connectivity index (χ3v) is 3.37. The average molecular weight is 250 g/mol. The number of carbonyl (C=O) groups excluding carboxylic acids is 1. The Labute approximate surface area is 107 Å². The predicted octanol–water partition coefficient (Wildman–Crippen LogP) is 1.90. The van der Waals surface area contributed by atoms with E-state index in [2.05, 4.69) is 0 Å². The van der Waals surface area contributed by atoms with Gasteiger partial charge >= 0.3 is 5.97 Å². The second-order valence-electron chi connectivity index (χ2n) is 4.84. The Kier molecular flexibility index (Phi) is 3.87. The molecule has 0 amide bonds. The van der Waals surface area contributed by atoms with Crippen molar-refractivity contribution < 1.29 is 19.4 Å². The number of aliphatic hydroxyl groups excluding tert-OH is 1. The Morgan fingerprint density at radius 2 is 2.00 bits per heavy atom. The highest BCUT2D eigenvalue weighted by Crippen LogP contribution is 2.48. The van der Waals surface area contributed by atoms with Gasteiger partial charge in [0, 0.05) is 12.0 Å². The molecule has 0 atom stereocenters. The SMILES string of the molecule is COc1ccc(COC(=O)CC2(CO)CC2)cc1. The highest BCUT2D eigenvalue weighted by molar-refractivity contribution is 5.70. The van der Waals surface area contributed by atoms with E-state index in [1.165, 1.54) is 0 Å². The molecule has 18 heavy (non-hydrogen) atoms. The van der Waals surface area contributed by atoms with Crippen molar-refractivity contribution >= 4 is 5.97 Å². The summed E-state index contributed by atoms with van der Waals surface area (Å²) >= 11 is 0. The van der Waals surface area contributed by atoms with E-state index in [1.807, 2.05) is 24.3 Å². The smallest absolute Gasteiger partial charge is 0.306 e. The fourth-order valence-corrected chi connectivity index (χ4v) is 1.81. The van der Waals surface area contributed by atoms with Gasteiger partial charge in [0.2, 0.25) is 0 Å². The molecule has 0 heterocycles. The van der Waals surface area contributed by atoms with Gasteiger partial charge in [0.15, 0.2) is 0 Å². The first-order valence-electron chi connectivity index (χ1n) is 6.07. The lowest BCUT2D eigenvalue weighted by Crippen LogP contribution is -2.15. The second-order valence-corrected chi connectivity index (χ2v) is 4.84. The van der Waals surface area contributed by atoms with Crippen molar-refractivity contribution in [2.75, 3.05) is 13.7 Å². The number of hydrogen-bond acceptors (Lipinski definition) is 4. The first-order chi connectivity index (χ1) is 8.67. The summed E-state index contributed by atoms with van der Waals surface area (Å²) in [5.41, 5.74) is 0.745. The molecule has 0 radical (unpaired) electrons. The summed E-state index contributed by atoms with van der Waals surface area (Å²) in [6, 6.07) is 7.40. The van der Waals surface area contributed by atoms with Crippen molar-refractivity contribution in [2.24, 2.45) is 5.41 Å². The number of esters is 1. The Morgan fingerprint density at radius 1 is 1.33 bits per heavy atom. The Hall–Kier alpha value is -1.55. The highest BCUT2D eigenvalue weighted by atomic mass is 16.5. The molecule has 4 heteroatoms. The molecule has 1 fully saturated rings. The average Bonchev–Trinajstić information content (AvgIpc) is 3.17. The first kappa shape index (κ1) is 12.9. The van der Waals surface area contributed by atoms with Gasteiger partial charge in [-0.05, 0) is 30.5 Å². The normalized spacial score (nSPS) is 16.1. The summed E-state index contributed by atoms with van der Waals surface area (Å²) in [5.74, 6) is 0.541. The van der Waals surface area contributed by atoms with Crippen molar-refractivity contribution in [3.63, 3.8) is 0 Å². The van der Waals surface area contributed by atoms with Crippen molar-refractivity contribution in [3.8, 4) is 5.75 Å². The molecule has 1 aliphatic carbocycles. The lowest BCUT2D eigenvalue weighted by atomic mass is 10.0. The summed E-state index contributed by atoms with van der Waals surface area (Å²) in [6.07, 6.45) is 2.15. The molecular weight excluding hydrogens is 232 g/mol. The van der Waals surface area contributed by atoms with Gasteiger partial charge in [0.25, 0.3) is 0 Å². The summed E-state index contributed by atoms with van der Waals surface area (Å²) < 4.78 is 10.2. The van der Waals surface area contributed by atoms with Gasteiger partial charge in [-0.3, -0.25) is 4.79 Å². The molecule has 2 rings (SSSR count). The van der Waals surface area contributed by atoms with Crippen LogP contribution in [0.1, 0.15) is 24.8 Å². The molecule has 98 valence electrons. The zero-order valence-electron chi connectivity index (χ0n) is 10.5. The molecule has 1 N–H and O–H groups in total. The van der Waals surface area contributed by atoms with Crippen molar-refractivity contribution in [1.29, 1.82) is 0 Å². The number of hydrogen-bond donors (Lipinski definition) is 1. The number of methoxy groups -OCH3 is 1. The van der Waals surface area contributed by atoms with Crippen LogP contribution < -0.4 is 4.74 Å². The molecule has 1 aliphatic rings. The summed E-state index contributed by atoms with van der Waals surface area (Å²) in [4.78, 5) is 11.6. The van der Waals surface area contributed by atoms with E-state index in [0.29, 0.717) is 6.42 Å². The number of aliphatic hydroxyl groups is 1. The molecule has 0 aliphatic heterocycles. The number of ether oxygens (including phenoxy) is 2. The van der Waals surface area contributed by atoms with E-state index in [4.69, 9.17) is 14.6 Å². The van der Waals surface area contributed by atoms with Gasteiger partial charge in [-0.15, -0.1) is 0 Å². The molecule has 0 aromatic heterocycles. The van der Waals surface area contributed by atoms with Crippen LogP contribution in [0.15, 0.2) is 24.3 Å². The van der Waals surface area contributed by atoms with Gasteiger partial charge in [0.1, 0.15) is 12.4 Å². The molecule has 1 saturated carbocycles. The summed E-state index contributed by atoms with van der Waals surface area (Å²) in [7, 11) is 1.61. The van der Waals surface area contributed by atoms with Crippen LogP contribution in [0.4, 0.5) is 0 Å². The molecule has 0 spiro atoms. The van der Waals surface area contributed by atoms with Crippen LogP contribution in [0.5, 0.6) is 5.75 Å². The van der Waals surface area contributed by atoms with Crippen molar-refractivity contribution in [3.05, 3.63) is 29.8 Å². The number of carbonyl (C=O) groups is 1. The van der Waals surface area contributed by atoms with Crippen LogP contribution in [-0.4, -0.2) is 24.8 Å². The molecule has 0 unspecified atom stereocenters. The van der Waals surface area contributed by atoms with E-state index in [9.17, 15) is 4.79 Å². The topological polar surface area (TPSA) is 55.8 Å². The van der Waals surface area contributed by atoms with Crippen LogP contribution in [-0.2, 0) is 16.1 Å². The fraction of sp³-hybridized carbons (Fsp3) is 0.500. The van der Waals surface area contributed by atoms with Crippen LogP contribution in [0.3, 0.4) is 0 Å². The van der Waals surface area contributed by atoms with E-state index in [1.54, 1.807) is 7.11 Å². The maximum Gasteiger partial charge on any atom is 0.306 e. The minimum atomic E-state index is -0.239. The molecule has 0 saturated heterocycles. The Balaban J connectivity index is 1.78. The predicted molar refractivity (Wildman–Crippen MR) is 66.2 cm³/mol. The number of benzene rings is 1. The summed E-state index contributed by atoms with van der Waals surface area (Å²) in [5, 5.41) is 9.13. The maximum atomic E-state index is 11.6. The van der Waals surface area contributed by atoms with E-state index < -0.39 is 0 Å². The van der Waals surface area contributed by atoms with Crippen molar-refractivity contribution in [2.45, 2.75) is 25.9 Å². The van der Waals surface area contributed by atoms with Gasteiger partial charge in [0.05, 0.1) is 13.5 Å². The fourth-order valence-electron chi connectivity index (χ4n) is 1.81. The first-order valence-corrected chi connectivity index (χ1v) is 6.07. The third kappa shape index (κ3) is 3.23. The van der Waals surface area contributed by atoms with Crippen LogP contribution in [0, 0.1) is 5.41 Å². The molecule has 4 nitrogen and oxygen atoms in total. The van der Waals surface area contributed by atoms with Crippen molar-refractivity contribution in [1.82, 2.24) is 0 Å². The molecule has 1 aromatic carbocycles. The van der Waals surface area contributed by atoms with E-state index in [0.717, 1.165) is 24.2 Å². The standard InChI is InChI=1S/C14H18O4/c1-17-12-4-2-11(3-5-12)9-18-13(16)8-14(10-15)6-7-14/h2-5,15H,6-10H2,1H3. The maximum absolute atomic E-state index is 11.6. The van der Waals surface area contributed by atoms with E-state index >= 15 is 0 Å². The van der Waals surface area contributed by atoms with E-state index in [-0.39, 0.29) is 24.6 Å². The minimum absolute atomic E-state index is 0.0740. The molecule has 0 bridgehead atoms. The molecule has 1 aromatic rings.